The summed E-state index contributed by atoms with van der Waals surface area (Å²) in [4.78, 5) is 12.9. The van der Waals surface area contributed by atoms with Crippen LogP contribution in [0.2, 0.25) is 0 Å². The van der Waals surface area contributed by atoms with Crippen molar-refractivity contribution in [2.45, 2.75) is 19.4 Å². The van der Waals surface area contributed by atoms with Crippen LogP contribution in [0.4, 0.5) is 0 Å². The van der Waals surface area contributed by atoms with Crippen molar-refractivity contribution in [1.29, 1.82) is 0 Å². The number of carbonyl (C=O) groups is 1. The molecule has 1 heterocycles. The molecule has 3 nitrogen and oxygen atoms in total. The van der Waals surface area contributed by atoms with Crippen molar-refractivity contribution < 1.29 is 9.90 Å². The summed E-state index contributed by atoms with van der Waals surface area (Å²) in [6, 6.07) is 0. The Morgan fingerprint density at radius 3 is 2.50 bits per heavy atom. The Bertz CT molecular complexity index is 182. The minimum absolute atomic E-state index is 0.177. The summed E-state index contributed by atoms with van der Waals surface area (Å²) in [6.45, 7) is 5.02. The van der Waals surface area contributed by atoms with E-state index in [1.54, 1.807) is 18.7 Å². The lowest BCUT2D eigenvalue weighted by atomic mass is 9.84. The second-order valence-electron chi connectivity index (χ2n) is 3.78. The average molecular weight is 283 g/mol. The summed E-state index contributed by atoms with van der Waals surface area (Å²) in [6.07, 6.45) is 0. The van der Waals surface area contributed by atoms with E-state index in [2.05, 4.69) is 22.6 Å². The van der Waals surface area contributed by atoms with Crippen LogP contribution in [-0.4, -0.2) is 39.0 Å². The van der Waals surface area contributed by atoms with E-state index >= 15 is 0 Å². The van der Waals surface area contributed by atoms with Gasteiger partial charge in [0.15, 0.2) is 0 Å². The van der Waals surface area contributed by atoms with E-state index in [0.29, 0.717) is 17.5 Å². The number of halogens is 1. The van der Waals surface area contributed by atoms with Crippen LogP contribution in [0.3, 0.4) is 0 Å². The van der Waals surface area contributed by atoms with Crippen LogP contribution in [0.15, 0.2) is 0 Å². The van der Waals surface area contributed by atoms with Crippen molar-refractivity contribution in [3.63, 3.8) is 0 Å². The van der Waals surface area contributed by atoms with Gasteiger partial charge in [0, 0.05) is 19.0 Å². The quantitative estimate of drug-likeness (QED) is 0.597. The highest BCUT2D eigenvalue weighted by atomic mass is 127. The molecule has 0 bridgehead atoms. The summed E-state index contributed by atoms with van der Waals surface area (Å²) in [5, 5.41) is 9.57. The van der Waals surface area contributed by atoms with Crippen LogP contribution in [-0.2, 0) is 4.79 Å². The molecule has 4 heteroatoms. The molecule has 0 spiro atoms. The number of aliphatic hydroxyl groups is 1. The van der Waals surface area contributed by atoms with Gasteiger partial charge in [-0.05, 0) is 13.8 Å². The van der Waals surface area contributed by atoms with E-state index in [1.165, 1.54) is 0 Å². The molecule has 1 amide bonds. The zero-order chi connectivity index (χ0) is 9.35. The lowest BCUT2D eigenvalue weighted by molar-refractivity contribution is -0.141. The third-order valence-electron chi connectivity index (χ3n) is 2.35. The fourth-order valence-corrected chi connectivity index (χ4v) is 1.70. The summed E-state index contributed by atoms with van der Waals surface area (Å²) in [7, 11) is 0. The first-order chi connectivity index (χ1) is 5.45. The number of likely N-dealkylation sites (tertiary alicyclic amines) is 1. The number of carbonyl (C=O) groups excluding carboxylic acids is 1. The molecule has 0 radical (unpaired) electrons. The highest BCUT2D eigenvalue weighted by Gasteiger charge is 2.39. The molecule has 1 saturated heterocycles. The second kappa shape index (κ2) is 3.49. The maximum absolute atomic E-state index is 11.1. The predicted octanol–water partition coefficient (Wildman–Crippen LogP) is 0.651. The van der Waals surface area contributed by atoms with Crippen molar-refractivity contribution in [3.8, 4) is 0 Å². The molecule has 0 aliphatic carbocycles. The van der Waals surface area contributed by atoms with Gasteiger partial charge >= 0.3 is 0 Å². The number of rotatable bonds is 2. The molecule has 70 valence electrons. The normalized spacial score (nSPS) is 19.2. The van der Waals surface area contributed by atoms with Crippen LogP contribution in [0.1, 0.15) is 13.8 Å². The standard InChI is InChI=1S/C8H14INO2/c1-8(2,12)6-4-10(5-6)7(11)3-9/h6,12H,3-5H2,1-2H3. The number of hydrogen-bond acceptors (Lipinski definition) is 2. The minimum atomic E-state index is -0.637. The van der Waals surface area contributed by atoms with Crippen LogP contribution < -0.4 is 0 Å². The van der Waals surface area contributed by atoms with E-state index in [1.807, 2.05) is 0 Å². The summed E-state index contributed by atoms with van der Waals surface area (Å²) in [5.41, 5.74) is -0.637. The molecule has 1 rings (SSSR count). The van der Waals surface area contributed by atoms with Crippen LogP contribution >= 0.6 is 22.6 Å². The molecular weight excluding hydrogens is 269 g/mol. The Balaban J connectivity index is 2.34. The maximum Gasteiger partial charge on any atom is 0.232 e. The van der Waals surface area contributed by atoms with E-state index in [4.69, 9.17) is 0 Å². The Labute approximate surface area is 86.3 Å². The lowest BCUT2D eigenvalue weighted by Gasteiger charge is -2.45. The van der Waals surface area contributed by atoms with Crippen molar-refractivity contribution in [2.75, 3.05) is 17.5 Å². The highest BCUT2D eigenvalue weighted by molar-refractivity contribution is 14.1. The van der Waals surface area contributed by atoms with Gasteiger partial charge in [0.25, 0.3) is 0 Å². The third kappa shape index (κ3) is 2.10. The van der Waals surface area contributed by atoms with Crippen molar-refractivity contribution >= 4 is 28.5 Å². The second-order valence-corrected chi connectivity index (χ2v) is 4.55. The van der Waals surface area contributed by atoms with Crippen molar-refractivity contribution in [3.05, 3.63) is 0 Å². The largest absolute Gasteiger partial charge is 0.390 e. The molecule has 1 aliphatic heterocycles. The molecule has 0 saturated carbocycles. The van der Waals surface area contributed by atoms with Crippen molar-refractivity contribution in [2.24, 2.45) is 5.92 Å². The molecule has 0 aromatic rings. The molecule has 0 aromatic heterocycles. The molecular formula is C8H14INO2. The zero-order valence-corrected chi connectivity index (χ0v) is 9.54. The molecule has 1 fully saturated rings. The van der Waals surface area contributed by atoms with Crippen LogP contribution in [0.25, 0.3) is 0 Å². The van der Waals surface area contributed by atoms with Gasteiger partial charge in [-0.1, -0.05) is 22.6 Å². The number of amides is 1. The Morgan fingerprint density at radius 2 is 2.17 bits per heavy atom. The van der Waals surface area contributed by atoms with E-state index in [0.717, 1.165) is 0 Å². The topological polar surface area (TPSA) is 40.5 Å². The van der Waals surface area contributed by atoms with Gasteiger partial charge in [0.2, 0.25) is 5.91 Å². The van der Waals surface area contributed by atoms with Crippen LogP contribution in [0.5, 0.6) is 0 Å². The summed E-state index contributed by atoms with van der Waals surface area (Å²) >= 11 is 2.06. The Hall–Kier alpha value is 0.160. The van der Waals surface area contributed by atoms with Gasteiger partial charge in [-0.3, -0.25) is 4.79 Å². The molecule has 0 atom stereocenters. The monoisotopic (exact) mass is 283 g/mol. The minimum Gasteiger partial charge on any atom is -0.390 e. The molecule has 1 N–H and O–H groups in total. The summed E-state index contributed by atoms with van der Waals surface area (Å²) < 4.78 is 0.538. The fourth-order valence-electron chi connectivity index (χ4n) is 1.21. The first kappa shape index (κ1) is 10.2. The van der Waals surface area contributed by atoms with Gasteiger partial charge < -0.3 is 10.0 Å². The fraction of sp³-hybridized carbons (Fsp3) is 0.875. The van der Waals surface area contributed by atoms with Gasteiger partial charge in [0.05, 0.1) is 10.0 Å². The Kier molecular flexibility index (Phi) is 2.98. The number of hydrogen-bond donors (Lipinski definition) is 1. The van der Waals surface area contributed by atoms with E-state index in [-0.39, 0.29) is 11.8 Å². The van der Waals surface area contributed by atoms with Gasteiger partial charge in [-0.15, -0.1) is 0 Å². The van der Waals surface area contributed by atoms with E-state index in [9.17, 15) is 9.90 Å². The smallest absolute Gasteiger partial charge is 0.232 e. The third-order valence-corrected chi connectivity index (χ3v) is 3.00. The zero-order valence-electron chi connectivity index (χ0n) is 7.38. The molecule has 0 aromatic carbocycles. The molecule has 0 unspecified atom stereocenters. The van der Waals surface area contributed by atoms with Crippen LogP contribution in [0, 0.1) is 5.92 Å². The van der Waals surface area contributed by atoms with Gasteiger partial charge in [0.1, 0.15) is 0 Å². The predicted molar refractivity (Wildman–Crippen MR) is 55.3 cm³/mol. The number of alkyl halides is 1. The first-order valence-electron chi connectivity index (χ1n) is 4.01. The van der Waals surface area contributed by atoms with Gasteiger partial charge in [-0.25, -0.2) is 0 Å². The SMILES string of the molecule is CC(C)(O)C1CN(C(=O)CI)C1. The van der Waals surface area contributed by atoms with Crippen molar-refractivity contribution in [1.82, 2.24) is 4.90 Å². The first-order valence-corrected chi connectivity index (χ1v) is 5.54. The Morgan fingerprint density at radius 1 is 1.67 bits per heavy atom. The lowest BCUT2D eigenvalue weighted by Crippen LogP contribution is -2.57. The van der Waals surface area contributed by atoms with E-state index < -0.39 is 5.60 Å². The average Bonchev–Trinajstić information content (AvgIpc) is 1.80. The maximum atomic E-state index is 11.1. The molecule has 1 aliphatic rings. The molecule has 12 heavy (non-hydrogen) atoms. The van der Waals surface area contributed by atoms with Gasteiger partial charge in [-0.2, -0.15) is 0 Å². The highest BCUT2D eigenvalue weighted by Crippen LogP contribution is 2.26. The number of nitrogens with zero attached hydrogens (tertiary/aromatic N) is 1. The summed E-state index contributed by atoms with van der Waals surface area (Å²) in [5.74, 6) is 0.431.